The second-order valence-corrected chi connectivity index (χ2v) is 3.23. The van der Waals surface area contributed by atoms with Gasteiger partial charge in [-0.15, -0.1) is 0 Å². The quantitative estimate of drug-likeness (QED) is 0.643. The third-order valence-corrected chi connectivity index (χ3v) is 1.97. The minimum Gasteiger partial charge on any atom is -0.198 e. The van der Waals surface area contributed by atoms with E-state index < -0.39 is 0 Å². The average Bonchev–Trinajstić information content (AvgIpc) is 2.12. The molecule has 0 fully saturated rings. The van der Waals surface area contributed by atoms with Crippen LogP contribution in [0.1, 0.15) is 32.6 Å². The highest BCUT2D eigenvalue weighted by Crippen LogP contribution is 2.16. The van der Waals surface area contributed by atoms with Crippen LogP contribution in [-0.2, 0) is 0 Å². The largest absolute Gasteiger partial charge is 0.198 e. The van der Waals surface area contributed by atoms with Crippen molar-refractivity contribution in [3.05, 3.63) is 0 Å². The lowest BCUT2D eigenvalue weighted by Gasteiger charge is -2.08. The predicted molar refractivity (Wildman–Crippen MR) is 48.0 cm³/mol. The van der Waals surface area contributed by atoms with E-state index in [2.05, 4.69) is 12.1 Å². The smallest absolute Gasteiger partial charge is 0.0666 e. The fraction of sp³-hybridized carbons (Fsp3) is 0.700. The van der Waals surface area contributed by atoms with Gasteiger partial charge >= 0.3 is 0 Å². The van der Waals surface area contributed by atoms with Gasteiger partial charge in [-0.3, -0.25) is 0 Å². The van der Waals surface area contributed by atoms with E-state index in [1.54, 1.807) is 0 Å². The van der Waals surface area contributed by atoms with Crippen LogP contribution in [0.25, 0.3) is 0 Å². The maximum atomic E-state index is 8.63. The molecule has 0 aliphatic rings. The molecule has 2 atom stereocenters. The van der Waals surface area contributed by atoms with Gasteiger partial charge in [0, 0.05) is 6.42 Å². The molecule has 0 bridgehead atoms. The number of hydrogen-bond donors (Lipinski definition) is 0. The van der Waals surface area contributed by atoms with Crippen molar-refractivity contribution in [2.75, 3.05) is 0 Å². The van der Waals surface area contributed by atoms with Crippen LogP contribution in [0.4, 0.5) is 0 Å². The Hall–Kier alpha value is -1.53. The fourth-order valence-electron chi connectivity index (χ4n) is 1.07. The molecule has 1 unspecified atom stereocenters. The van der Waals surface area contributed by atoms with E-state index in [1.165, 1.54) is 0 Å². The Morgan fingerprint density at radius 3 is 2.08 bits per heavy atom. The van der Waals surface area contributed by atoms with Crippen LogP contribution in [-0.4, -0.2) is 0 Å². The summed E-state index contributed by atoms with van der Waals surface area (Å²) in [4.78, 5) is 0. The molecule has 3 heteroatoms. The second-order valence-electron chi connectivity index (χ2n) is 3.23. The summed E-state index contributed by atoms with van der Waals surface area (Å²) in [5, 5.41) is 25.4. The Bertz CT molecular complexity index is 251. The SMILES string of the molecule is C[C@@H](CC#N)CCC(C#N)CC#N. The summed E-state index contributed by atoms with van der Waals surface area (Å²) in [5.74, 6) is 0.172. The molecule has 0 rings (SSSR count). The standard InChI is InChI=1S/C10H13N3/c1-9(4-6-11)2-3-10(8-13)5-7-12/h9-10H,2-5H2,1H3/t9-,10?/m1/s1. The molecule has 0 N–H and O–H groups in total. The summed E-state index contributed by atoms with van der Waals surface area (Å²) < 4.78 is 0. The normalized spacial score (nSPS) is 13.4. The first kappa shape index (κ1) is 11.5. The summed E-state index contributed by atoms with van der Waals surface area (Å²) in [6, 6.07) is 6.18. The molecule has 0 aromatic carbocycles. The van der Waals surface area contributed by atoms with Crippen molar-refractivity contribution in [1.82, 2.24) is 0 Å². The first-order chi connectivity index (χ1) is 6.24. The van der Waals surface area contributed by atoms with E-state index in [-0.39, 0.29) is 5.92 Å². The number of nitrogens with zero attached hydrogens (tertiary/aromatic N) is 3. The Labute approximate surface area is 79.2 Å². The van der Waals surface area contributed by atoms with E-state index in [0.717, 1.165) is 12.8 Å². The Kier molecular flexibility index (Phi) is 6.30. The molecular formula is C10H13N3. The van der Waals surface area contributed by atoms with Gasteiger partial charge < -0.3 is 0 Å². The van der Waals surface area contributed by atoms with Crippen molar-refractivity contribution in [2.45, 2.75) is 32.6 Å². The summed E-state index contributed by atoms with van der Waals surface area (Å²) in [6.45, 7) is 1.99. The van der Waals surface area contributed by atoms with Gasteiger partial charge in [0.15, 0.2) is 0 Å². The molecule has 0 aromatic heterocycles. The molecule has 3 nitrogen and oxygen atoms in total. The summed E-state index contributed by atoms with van der Waals surface area (Å²) >= 11 is 0. The van der Waals surface area contributed by atoms with Crippen molar-refractivity contribution in [3.63, 3.8) is 0 Å². The van der Waals surface area contributed by atoms with Gasteiger partial charge in [0.1, 0.15) is 0 Å². The van der Waals surface area contributed by atoms with Gasteiger partial charge in [-0.05, 0) is 18.8 Å². The number of nitriles is 3. The van der Waals surface area contributed by atoms with Gasteiger partial charge in [0.25, 0.3) is 0 Å². The van der Waals surface area contributed by atoms with Crippen LogP contribution in [0.15, 0.2) is 0 Å². The lowest BCUT2D eigenvalue weighted by Crippen LogP contribution is -2.00. The second kappa shape index (κ2) is 7.14. The summed E-state index contributed by atoms with van der Waals surface area (Å²) in [5.41, 5.74) is 0. The Morgan fingerprint density at radius 1 is 1.00 bits per heavy atom. The van der Waals surface area contributed by atoms with Crippen molar-refractivity contribution in [3.8, 4) is 18.2 Å². The highest BCUT2D eigenvalue weighted by molar-refractivity contribution is 4.90. The monoisotopic (exact) mass is 175 g/mol. The van der Waals surface area contributed by atoms with Gasteiger partial charge in [-0.2, -0.15) is 15.8 Å². The Morgan fingerprint density at radius 2 is 1.62 bits per heavy atom. The lowest BCUT2D eigenvalue weighted by atomic mass is 9.94. The molecule has 0 saturated carbocycles. The summed E-state index contributed by atoms with van der Waals surface area (Å²) in [7, 11) is 0. The predicted octanol–water partition coefficient (Wildman–Crippen LogP) is 2.37. The van der Waals surface area contributed by atoms with Crippen molar-refractivity contribution in [1.29, 1.82) is 15.8 Å². The van der Waals surface area contributed by atoms with E-state index in [9.17, 15) is 0 Å². The maximum absolute atomic E-state index is 8.63. The van der Waals surface area contributed by atoms with Crippen LogP contribution in [0.3, 0.4) is 0 Å². The van der Waals surface area contributed by atoms with Gasteiger partial charge in [0.05, 0.1) is 30.5 Å². The van der Waals surface area contributed by atoms with Crippen molar-refractivity contribution >= 4 is 0 Å². The molecule has 0 radical (unpaired) electrons. The van der Waals surface area contributed by atoms with Crippen LogP contribution in [0.2, 0.25) is 0 Å². The van der Waals surface area contributed by atoms with Crippen LogP contribution in [0.5, 0.6) is 0 Å². The molecule has 68 valence electrons. The highest BCUT2D eigenvalue weighted by Gasteiger charge is 2.09. The maximum Gasteiger partial charge on any atom is 0.0666 e. The molecule has 0 aliphatic carbocycles. The van der Waals surface area contributed by atoms with Crippen LogP contribution < -0.4 is 0 Å². The highest BCUT2D eigenvalue weighted by atomic mass is 14.3. The minimum atomic E-state index is -0.161. The van der Waals surface area contributed by atoms with Crippen LogP contribution in [0, 0.1) is 45.8 Å². The topological polar surface area (TPSA) is 71.4 Å². The van der Waals surface area contributed by atoms with E-state index in [4.69, 9.17) is 15.8 Å². The molecule has 0 amide bonds. The lowest BCUT2D eigenvalue weighted by molar-refractivity contribution is 0.469. The van der Waals surface area contributed by atoms with Gasteiger partial charge in [0.2, 0.25) is 0 Å². The molecule has 0 heterocycles. The van der Waals surface area contributed by atoms with Crippen molar-refractivity contribution in [2.24, 2.45) is 11.8 Å². The van der Waals surface area contributed by atoms with Gasteiger partial charge in [-0.25, -0.2) is 0 Å². The zero-order valence-corrected chi connectivity index (χ0v) is 7.82. The molecular weight excluding hydrogens is 162 g/mol. The molecule has 0 spiro atoms. The molecule has 0 saturated heterocycles. The number of hydrogen-bond acceptors (Lipinski definition) is 3. The molecule has 0 aliphatic heterocycles. The number of rotatable bonds is 5. The van der Waals surface area contributed by atoms with E-state index in [1.807, 2.05) is 13.0 Å². The van der Waals surface area contributed by atoms with E-state index >= 15 is 0 Å². The Balaban J connectivity index is 3.69. The van der Waals surface area contributed by atoms with E-state index in [0.29, 0.717) is 18.8 Å². The zero-order chi connectivity index (χ0) is 10.1. The third kappa shape index (κ3) is 5.71. The van der Waals surface area contributed by atoms with Crippen LogP contribution >= 0.6 is 0 Å². The van der Waals surface area contributed by atoms with Gasteiger partial charge in [-0.1, -0.05) is 6.92 Å². The zero-order valence-electron chi connectivity index (χ0n) is 7.82. The van der Waals surface area contributed by atoms with Crippen molar-refractivity contribution < 1.29 is 0 Å². The first-order valence-electron chi connectivity index (χ1n) is 4.38. The molecule has 13 heavy (non-hydrogen) atoms. The molecule has 0 aromatic rings. The average molecular weight is 175 g/mol. The first-order valence-corrected chi connectivity index (χ1v) is 4.38. The third-order valence-electron chi connectivity index (χ3n) is 1.97. The summed E-state index contributed by atoms with van der Waals surface area (Å²) in [6.07, 6.45) is 2.42. The minimum absolute atomic E-state index is 0.161. The fourth-order valence-corrected chi connectivity index (χ4v) is 1.07.